The molecule has 2 aromatic rings. The molecule has 1 atom stereocenters. The van der Waals surface area contributed by atoms with Crippen LogP contribution in [0.15, 0.2) is 24.3 Å². The monoisotopic (exact) mass is 357 g/mol. The Morgan fingerprint density at radius 2 is 2.32 bits per heavy atom. The SMILES string of the molecule is Cc1nc2c(s1)CCC[C@H]2NC(=O)CN1CCOc2ccccc2C1. The van der Waals surface area contributed by atoms with E-state index in [0.29, 0.717) is 13.2 Å². The lowest BCUT2D eigenvalue weighted by molar-refractivity contribution is -0.123. The molecule has 0 radical (unpaired) electrons. The standard InChI is InChI=1S/C19H23N3O2S/c1-13-20-19-15(6-4-8-17(19)25-13)21-18(23)12-22-9-10-24-16-7-3-2-5-14(16)11-22/h2-3,5,7,15H,4,6,8-12H2,1H3,(H,21,23)/t15-/m1/s1. The van der Waals surface area contributed by atoms with E-state index in [-0.39, 0.29) is 11.9 Å². The molecule has 5 nitrogen and oxygen atoms in total. The lowest BCUT2D eigenvalue weighted by Crippen LogP contribution is -2.40. The van der Waals surface area contributed by atoms with Crippen LogP contribution in [0, 0.1) is 6.92 Å². The van der Waals surface area contributed by atoms with E-state index in [2.05, 4.69) is 21.3 Å². The number of amides is 1. The summed E-state index contributed by atoms with van der Waals surface area (Å²) in [7, 11) is 0. The van der Waals surface area contributed by atoms with Gasteiger partial charge in [0.2, 0.25) is 5.91 Å². The number of para-hydroxylation sites is 1. The molecule has 1 N–H and O–H groups in total. The van der Waals surface area contributed by atoms with Gasteiger partial charge >= 0.3 is 0 Å². The predicted molar refractivity (Wildman–Crippen MR) is 97.9 cm³/mol. The van der Waals surface area contributed by atoms with Crippen molar-refractivity contribution in [1.82, 2.24) is 15.2 Å². The zero-order chi connectivity index (χ0) is 17.2. The summed E-state index contributed by atoms with van der Waals surface area (Å²) in [6, 6.07) is 8.12. The molecule has 0 bridgehead atoms. The number of hydrogen-bond donors (Lipinski definition) is 1. The zero-order valence-electron chi connectivity index (χ0n) is 14.5. The largest absolute Gasteiger partial charge is 0.492 e. The number of ether oxygens (including phenoxy) is 1. The highest BCUT2D eigenvalue weighted by Gasteiger charge is 2.26. The van der Waals surface area contributed by atoms with Gasteiger partial charge in [-0.3, -0.25) is 9.69 Å². The Hall–Kier alpha value is -1.92. The minimum absolute atomic E-state index is 0.0664. The Labute approximate surface area is 152 Å². The summed E-state index contributed by atoms with van der Waals surface area (Å²) in [5, 5.41) is 4.29. The maximum atomic E-state index is 12.6. The normalized spacial score (nSPS) is 20.1. The van der Waals surface area contributed by atoms with E-state index in [4.69, 9.17) is 4.74 Å². The third kappa shape index (κ3) is 3.70. The molecular formula is C19H23N3O2S. The number of aromatic nitrogens is 1. The van der Waals surface area contributed by atoms with Gasteiger partial charge < -0.3 is 10.1 Å². The van der Waals surface area contributed by atoms with E-state index in [1.54, 1.807) is 11.3 Å². The van der Waals surface area contributed by atoms with Gasteiger partial charge in [-0.1, -0.05) is 18.2 Å². The van der Waals surface area contributed by atoms with Crippen molar-refractivity contribution in [2.24, 2.45) is 0 Å². The van der Waals surface area contributed by atoms with Gasteiger partial charge in [0, 0.05) is 23.5 Å². The quantitative estimate of drug-likeness (QED) is 0.918. The Balaban J connectivity index is 1.40. The van der Waals surface area contributed by atoms with E-state index >= 15 is 0 Å². The average molecular weight is 357 g/mol. The summed E-state index contributed by atoms with van der Waals surface area (Å²) >= 11 is 1.76. The van der Waals surface area contributed by atoms with Crippen molar-refractivity contribution in [1.29, 1.82) is 0 Å². The van der Waals surface area contributed by atoms with E-state index in [0.717, 1.165) is 54.4 Å². The first-order chi connectivity index (χ1) is 12.2. The topological polar surface area (TPSA) is 54.5 Å². The summed E-state index contributed by atoms with van der Waals surface area (Å²) in [5.74, 6) is 1.00. The van der Waals surface area contributed by atoms with Gasteiger partial charge in [0.1, 0.15) is 12.4 Å². The Morgan fingerprint density at radius 3 is 3.24 bits per heavy atom. The fraction of sp³-hybridized carbons (Fsp3) is 0.474. The summed E-state index contributed by atoms with van der Waals surface area (Å²) < 4.78 is 5.78. The maximum Gasteiger partial charge on any atom is 0.234 e. The molecule has 2 heterocycles. The van der Waals surface area contributed by atoms with Crippen LogP contribution in [0.3, 0.4) is 0 Å². The minimum Gasteiger partial charge on any atom is -0.492 e. The highest BCUT2D eigenvalue weighted by Crippen LogP contribution is 2.33. The highest BCUT2D eigenvalue weighted by atomic mass is 32.1. The van der Waals surface area contributed by atoms with Crippen LogP contribution in [0.25, 0.3) is 0 Å². The zero-order valence-corrected chi connectivity index (χ0v) is 15.3. The molecular weight excluding hydrogens is 334 g/mol. The fourth-order valence-electron chi connectivity index (χ4n) is 3.64. The molecule has 0 spiro atoms. The van der Waals surface area contributed by atoms with Crippen LogP contribution in [0.1, 0.15) is 40.0 Å². The van der Waals surface area contributed by atoms with Crippen LogP contribution in [-0.2, 0) is 17.8 Å². The number of thiazole rings is 1. The van der Waals surface area contributed by atoms with Gasteiger partial charge in [-0.15, -0.1) is 11.3 Å². The molecule has 6 heteroatoms. The second-order valence-corrected chi connectivity index (χ2v) is 8.01. The van der Waals surface area contributed by atoms with E-state index < -0.39 is 0 Å². The molecule has 0 saturated heterocycles. The molecule has 1 amide bonds. The van der Waals surface area contributed by atoms with Gasteiger partial charge in [0.15, 0.2) is 0 Å². The molecule has 0 unspecified atom stereocenters. The van der Waals surface area contributed by atoms with Crippen LogP contribution in [0.4, 0.5) is 0 Å². The van der Waals surface area contributed by atoms with Crippen LogP contribution in [-0.4, -0.2) is 35.5 Å². The number of benzene rings is 1. The van der Waals surface area contributed by atoms with Crippen molar-refractivity contribution in [3.63, 3.8) is 0 Å². The molecule has 2 aliphatic rings. The first kappa shape index (κ1) is 16.5. The van der Waals surface area contributed by atoms with Crippen molar-refractivity contribution < 1.29 is 9.53 Å². The van der Waals surface area contributed by atoms with Crippen LogP contribution < -0.4 is 10.1 Å². The van der Waals surface area contributed by atoms with Gasteiger partial charge in [-0.25, -0.2) is 4.98 Å². The van der Waals surface area contributed by atoms with Crippen molar-refractivity contribution >= 4 is 17.2 Å². The molecule has 132 valence electrons. The van der Waals surface area contributed by atoms with Gasteiger partial charge in [-0.05, 0) is 32.3 Å². The molecule has 0 saturated carbocycles. The fourth-order valence-corrected chi connectivity index (χ4v) is 4.68. The number of rotatable bonds is 3. The van der Waals surface area contributed by atoms with E-state index in [1.807, 2.05) is 25.1 Å². The second kappa shape index (κ2) is 7.14. The summed E-state index contributed by atoms with van der Waals surface area (Å²) in [6.07, 6.45) is 3.19. The number of carbonyl (C=O) groups excluding carboxylic acids is 1. The molecule has 4 rings (SSSR count). The molecule has 1 aliphatic heterocycles. The van der Waals surface area contributed by atoms with E-state index in [1.165, 1.54) is 4.88 Å². The lowest BCUT2D eigenvalue weighted by Gasteiger charge is -2.24. The third-order valence-electron chi connectivity index (χ3n) is 4.80. The smallest absolute Gasteiger partial charge is 0.234 e. The lowest BCUT2D eigenvalue weighted by atomic mass is 9.97. The average Bonchev–Trinajstić information content (AvgIpc) is 2.85. The molecule has 1 aromatic heterocycles. The van der Waals surface area contributed by atoms with E-state index in [9.17, 15) is 4.79 Å². The summed E-state index contributed by atoms with van der Waals surface area (Å²) in [4.78, 5) is 20.7. The van der Waals surface area contributed by atoms with Crippen molar-refractivity contribution in [3.05, 3.63) is 45.4 Å². The number of carbonyl (C=O) groups is 1. The highest BCUT2D eigenvalue weighted by molar-refractivity contribution is 7.11. The number of hydrogen-bond acceptors (Lipinski definition) is 5. The molecule has 0 fully saturated rings. The molecule has 1 aliphatic carbocycles. The van der Waals surface area contributed by atoms with Crippen LogP contribution in [0.5, 0.6) is 5.75 Å². The van der Waals surface area contributed by atoms with Crippen molar-refractivity contribution in [2.75, 3.05) is 19.7 Å². The minimum atomic E-state index is 0.0664. The number of nitrogens with one attached hydrogen (secondary N) is 1. The van der Waals surface area contributed by atoms with Crippen molar-refractivity contribution in [3.8, 4) is 5.75 Å². The Kier molecular flexibility index (Phi) is 4.72. The number of fused-ring (bicyclic) bond motifs is 2. The first-order valence-electron chi connectivity index (χ1n) is 8.87. The Morgan fingerprint density at radius 1 is 1.44 bits per heavy atom. The second-order valence-electron chi connectivity index (χ2n) is 6.72. The van der Waals surface area contributed by atoms with Crippen LogP contribution in [0.2, 0.25) is 0 Å². The van der Waals surface area contributed by atoms with Gasteiger partial charge in [0.05, 0.1) is 23.3 Å². The third-order valence-corrected chi connectivity index (χ3v) is 5.84. The predicted octanol–water partition coefficient (Wildman–Crippen LogP) is 2.84. The number of aryl methyl sites for hydroxylation is 2. The summed E-state index contributed by atoms with van der Waals surface area (Å²) in [6.45, 7) is 4.55. The van der Waals surface area contributed by atoms with Gasteiger partial charge in [0.25, 0.3) is 0 Å². The Bertz CT molecular complexity index is 774. The first-order valence-corrected chi connectivity index (χ1v) is 9.69. The van der Waals surface area contributed by atoms with Crippen molar-refractivity contribution in [2.45, 2.75) is 38.8 Å². The number of nitrogens with zero attached hydrogens (tertiary/aromatic N) is 2. The van der Waals surface area contributed by atoms with Gasteiger partial charge in [-0.2, -0.15) is 0 Å². The summed E-state index contributed by atoms with van der Waals surface area (Å²) in [5.41, 5.74) is 2.23. The molecule has 25 heavy (non-hydrogen) atoms. The maximum absolute atomic E-state index is 12.6. The molecule has 1 aromatic carbocycles. The van der Waals surface area contributed by atoms with Crippen LogP contribution >= 0.6 is 11.3 Å².